The zero-order chi connectivity index (χ0) is 18.8. The molecule has 0 aliphatic heterocycles. The molecule has 0 aliphatic rings. The van der Waals surface area contributed by atoms with Gasteiger partial charge in [0.1, 0.15) is 12.4 Å². The van der Waals surface area contributed by atoms with Gasteiger partial charge in [-0.2, -0.15) is 0 Å². The predicted octanol–water partition coefficient (Wildman–Crippen LogP) is 4.93. The molecule has 0 unspecified atom stereocenters. The lowest BCUT2D eigenvalue weighted by atomic mass is 10.0. The average Bonchev–Trinajstić information content (AvgIpc) is 3.03. The van der Waals surface area contributed by atoms with Crippen LogP contribution in [0.25, 0.3) is 10.9 Å². The number of hydrogen-bond acceptors (Lipinski definition) is 4. The molecule has 1 N–H and O–H groups in total. The van der Waals surface area contributed by atoms with Crippen molar-refractivity contribution in [2.75, 3.05) is 5.32 Å². The van der Waals surface area contributed by atoms with Crippen molar-refractivity contribution in [2.24, 2.45) is 0 Å². The Hall–Kier alpha value is -2.66. The summed E-state index contributed by atoms with van der Waals surface area (Å²) in [5.74, 6) is 0.609. The van der Waals surface area contributed by atoms with Gasteiger partial charge in [-0.25, -0.2) is 0 Å². The van der Waals surface area contributed by atoms with E-state index in [0.717, 1.165) is 33.4 Å². The van der Waals surface area contributed by atoms with Crippen LogP contribution in [-0.2, 0) is 11.3 Å². The zero-order valence-electron chi connectivity index (χ0n) is 15.8. The summed E-state index contributed by atoms with van der Waals surface area (Å²) in [6, 6.07) is 9.44. The fourth-order valence-electron chi connectivity index (χ4n) is 2.92. The number of fused-ring (bicyclic) bond motifs is 1. The predicted molar refractivity (Wildman–Crippen MR) is 103 cm³/mol. The minimum atomic E-state index is -0.285. The van der Waals surface area contributed by atoms with Crippen LogP contribution in [0.2, 0.25) is 0 Å². The second-order valence-electron chi connectivity index (χ2n) is 6.87. The van der Waals surface area contributed by atoms with E-state index in [2.05, 4.69) is 16.4 Å². The van der Waals surface area contributed by atoms with E-state index >= 15 is 0 Å². The second kappa shape index (κ2) is 7.30. The smallest absolute Gasteiger partial charge is 0.291 e. The summed E-state index contributed by atoms with van der Waals surface area (Å²) in [5, 5.41) is 3.89. The molecule has 0 atom stereocenters. The zero-order valence-corrected chi connectivity index (χ0v) is 15.8. The molecule has 2 aromatic heterocycles. The third-order valence-corrected chi connectivity index (χ3v) is 4.07. The van der Waals surface area contributed by atoms with E-state index in [-0.39, 0.29) is 17.8 Å². The molecule has 0 spiro atoms. The number of aryl methyl sites for hydroxylation is 3. The molecular formula is C21H24N2O3. The highest BCUT2D eigenvalue weighted by molar-refractivity contribution is 6.07. The Morgan fingerprint density at radius 3 is 2.69 bits per heavy atom. The molecule has 0 radical (unpaired) electrons. The van der Waals surface area contributed by atoms with Crippen LogP contribution in [0.3, 0.4) is 0 Å². The molecule has 0 saturated heterocycles. The van der Waals surface area contributed by atoms with E-state index in [1.807, 2.05) is 46.8 Å². The van der Waals surface area contributed by atoms with Gasteiger partial charge in [-0.1, -0.05) is 11.6 Å². The van der Waals surface area contributed by atoms with Gasteiger partial charge in [0, 0.05) is 11.1 Å². The van der Waals surface area contributed by atoms with Gasteiger partial charge in [0.25, 0.3) is 5.91 Å². The summed E-state index contributed by atoms with van der Waals surface area (Å²) in [6.45, 7) is 10.2. The normalized spacial score (nSPS) is 11.3. The number of carbonyl (C=O) groups is 1. The first-order valence-electron chi connectivity index (χ1n) is 8.73. The van der Waals surface area contributed by atoms with Crippen molar-refractivity contribution in [3.05, 3.63) is 58.7 Å². The van der Waals surface area contributed by atoms with Gasteiger partial charge >= 0.3 is 0 Å². The molecule has 26 heavy (non-hydrogen) atoms. The third-order valence-electron chi connectivity index (χ3n) is 4.07. The molecule has 1 amide bonds. The first kappa shape index (κ1) is 18.1. The number of hydrogen-bond donors (Lipinski definition) is 1. The average molecular weight is 352 g/mol. The topological polar surface area (TPSA) is 64.4 Å². The Bertz CT molecular complexity index is 957. The van der Waals surface area contributed by atoms with Crippen molar-refractivity contribution in [1.29, 1.82) is 0 Å². The van der Waals surface area contributed by atoms with Crippen LogP contribution in [0.1, 0.15) is 47.0 Å². The van der Waals surface area contributed by atoms with Gasteiger partial charge in [0.2, 0.25) is 0 Å². The SMILES string of the molecule is Cc1cc(C)c2nc(C)cc(NC(=O)c3ccc(COC(C)C)o3)c2c1. The summed E-state index contributed by atoms with van der Waals surface area (Å²) >= 11 is 0. The largest absolute Gasteiger partial charge is 0.453 e. The quantitative estimate of drug-likeness (QED) is 0.707. The lowest BCUT2D eigenvalue weighted by Crippen LogP contribution is -2.12. The van der Waals surface area contributed by atoms with Crippen LogP contribution >= 0.6 is 0 Å². The minimum Gasteiger partial charge on any atom is -0.453 e. The van der Waals surface area contributed by atoms with Gasteiger partial charge in [0.15, 0.2) is 5.76 Å². The number of anilines is 1. The highest BCUT2D eigenvalue weighted by Crippen LogP contribution is 2.27. The second-order valence-corrected chi connectivity index (χ2v) is 6.87. The van der Waals surface area contributed by atoms with E-state index < -0.39 is 0 Å². The van der Waals surface area contributed by atoms with Crippen molar-refractivity contribution in [2.45, 2.75) is 47.3 Å². The summed E-state index contributed by atoms with van der Waals surface area (Å²) < 4.78 is 11.1. The standard InChI is InChI=1S/C21H24N2O3/c1-12(2)25-11-16-6-7-19(26-16)21(24)23-18-10-15(5)22-20-14(4)8-13(3)9-17(18)20/h6-10,12H,11H2,1-5H3,(H,22,23,24). The first-order valence-corrected chi connectivity index (χ1v) is 8.73. The van der Waals surface area contributed by atoms with Gasteiger partial charge in [-0.15, -0.1) is 0 Å². The Morgan fingerprint density at radius 2 is 1.96 bits per heavy atom. The third kappa shape index (κ3) is 3.94. The molecular weight excluding hydrogens is 328 g/mol. The van der Waals surface area contributed by atoms with Crippen LogP contribution in [-0.4, -0.2) is 17.0 Å². The molecule has 3 rings (SSSR count). The number of ether oxygens (including phenoxy) is 1. The fourth-order valence-corrected chi connectivity index (χ4v) is 2.92. The highest BCUT2D eigenvalue weighted by Gasteiger charge is 2.15. The number of rotatable bonds is 5. The molecule has 5 heteroatoms. The van der Waals surface area contributed by atoms with E-state index in [1.54, 1.807) is 12.1 Å². The molecule has 3 aromatic rings. The maximum absolute atomic E-state index is 12.6. The van der Waals surface area contributed by atoms with E-state index in [4.69, 9.17) is 9.15 Å². The van der Waals surface area contributed by atoms with E-state index in [9.17, 15) is 4.79 Å². The van der Waals surface area contributed by atoms with Crippen molar-refractivity contribution in [3.63, 3.8) is 0 Å². The van der Waals surface area contributed by atoms with Crippen LogP contribution < -0.4 is 5.32 Å². The number of furan rings is 1. The monoisotopic (exact) mass is 352 g/mol. The van der Waals surface area contributed by atoms with Crippen LogP contribution in [0, 0.1) is 20.8 Å². The van der Waals surface area contributed by atoms with Gasteiger partial charge < -0.3 is 14.5 Å². The van der Waals surface area contributed by atoms with Crippen LogP contribution in [0.4, 0.5) is 5.69 Å². The summed E-state index contributed by atoms with van der Waals surface area (Å²) in [6.07, 6.45) is 0.106. The highest BCUT2D eigenvalue weighted by atomic mass is 16.5. The summed E-state index contributed by atoms with van der Waals surface area (Å²) in [7, 11) is 0. The van der Waals surface area contributed by atoms with E-state index in [0.29, 0.717) is 12.4 Å². The molecule has 1 aromatic carbocycles. The first-order chi connectivity index (χ1) is 12.3. The molecule has 2 heterocycles. The van der Waals surface area contributed by atoms with Crippen molar-refractivity contribution in [3.8, 4) is 0 Å². The van der Waals surface area contributed by atoms with Gasteiger partial charge in [-0.3, -0.25) is 9.78 Å². The number of amides is 1. The molecule has 0 saturated carbocycles. The minimum absolute atomic E-state index is 0.106. The lowest BCUT2D eigenvalue weighted by molar-refractivity contribution is 0.0537. The number of aromatic nitrogens is 1. The van der Waals surface area contributed by atoms with Gasteiger partial charge in [0.05, 0.1) is 17.3 Å². The van der Waals surface area contributed by atoms with Crippen molar-refractivity contribution >= 4 is 22.5 Å². The Morgan fingerprint density at radius 1 is 1.19 bits per heavy atom. The Balaban J connectivity index is 1.88. The number of benzene rings is 1. The van der Waals surface area contributed by atoms with Crippen LogP contribution in [0.15, 0.2) is 34.7 Å². The molecule has 0 bridgehead atoms. The molecule has 0 fully saturated rings. The Kier molecular flexibility index (Phi) is 5.09. The maximum atomic E-state index is 12.6. The summed E-state index contributed by atoms with van der Waals surface area (Å²) in [4.78, 5) is 17.2. The van der Waals surface area contributed by atoms with Crippen LogP contribution in [0.5, 0.6) is 0 Å². The van der Waals surface area contributed by atoms with E-state index in [1.165, 1.54) is 0 Å². The maximum Gasteiger partial charge on any atom is 0.291 e. The number of pyridine rings is 1. The molecule has 0 aliphatic carbocycles. The number of nitrogens with one attached hydrogen (secondary N) is 1. The number of carbonyl (C=O) groups excluding carboxylic acids is 1. The number of nitrogens with zero attached hydrogens (tertiary/aromatic N) is 1. The van der Waals surface area contributed by atoms with Crippen molar-refractivity contribution < 1.29 is 13.9 Å². The van der Waals surface area contributed by atoms with Gasteiger partial charge in [-0.05, 0) is 64.4 Å². The lowest BCUT2D eigenvalue weighted by Gasteiger charge is -2.11. The Labute approximate surface area is 153 Å². The fraction of sp³-hybridized carbons (Fsp3) is 0.333. The summed E-state index contributed by atoms with van der Waals surface area (Å²) in [5.41, 5.74) is 4.70. The van der Waals surface area contributed by atoms with Crippen molar-refractivity contribution in [1.82, 2.24) is 4.98 Å². The molecule has 5 nitrogen and oxygen atoms in total. The molecule has 136 valence electrons.